The second-order valence-corrected chi connectivity index (χ2v) is 8.05. The van der Waals surface area contributed by atoms with E-state index in [4.69, 9.17) is 13.9 Å². The fourth-order valence-corrected chi connectivity index (χ4v) is 3.43. The summed E-state index contributed by atoms with van der Waals surface area (Å²) in [5.41, 5.74) is 2.33. The van der Waals surface area contributed by atoms with E-state index in [1.54, 1.807) is 36.1 Å². The van der Waals surface area contributed by atoms with Crippen molar-refractivity contribution in [3.63, 3.8) is 0 Å². The van der Waals surface area contributed by atoms with E-state index in [2.05, 4.69) is 50.6 Å². The van der Waals surface area contributed by atoms with Crippen LogP contribution in [0.15, 0.2) is 75.8 Å². The highest BCUT2D eigenvalue weighted by molar-refractivity contribution is 9.10. The number of benzene rings is 2. The molecule has 0 spiro atoms. The Kier molecular flexibility index (Phi) is 6.61. The van der Waals surface area contributed by atoms with E-state index < -0.39 is 0 Å². The van der Waals surface area contributed by atoms with Gasteiger partial charge in [0.15, 0.2) is 11.6 Å². The Morgan fingerprint density at radius 3 is 2.50 bits per heavy atom. The molecule has 0 aliphatic carbocycles. The van der Waals surface area contributed by atoms with Crippen LogP contribution in [-0.2, 0) is 13.2 Å². The second-order valence-electron chi connectivity index (χ2n) is 7.19. The monoisotopic (exact) mass is 495 g/mol. The number of nitrogens with zero attached hydrogens (tertiary/aromatic N) is 2. The molecule has 0 atom stereocenters. The first-order valence-electron chi connectivity index (χ1n) is 9.95. The molecule has 1 N–H and O–H groups in total. The van der Waals surface area contributed by atoms with Gasteiger partial charge in [0.25, 0.3) is 5.91 Å². The Morgan fingerprint density at radius 1 is 1.06 bits per heavy atom. The molecule has 2 aromatic heterocycles. The molecule has 0 unspecified atom stereocenters. The molecular weight excluding hydrogens is 474 g/mol. The first-order valence-corrected chi connectivity index (χ1v) is 10.7. The van der Waals surface area contributed by atoms with Crippen molar-refractivity contribution in [2.75, 3.05) is 12.4 Å². The smallest absolute Gasteiger partial charge is 0.292 e. The van der Waals surface area contributed by atoms with E-state index in [1.807, 2.05) is 25.3 Å². The number of aromatic nitrogens is 2. The summed E-state index contributed by atoms with van der Waals surface area (Å²) in [5, 5.41) is 7.23. The van der Waals surface area contributed by atoms with Gasteiger partial charge in [-0.25, -0.2) is 0 Å². The SMILES string of the molecule is COc1ccc(OCc2ccc(C(=O)Nc3nn(Cc4ccc(C)cc4)cc3Br)o2)cc1. The number of carbonyl (C=O) groups is 1. The number of aryl methyl sites for hydroxylation is 1. The third kappa shape index (κ3) is 5.39. The van der Waals surface area contributed by atoms with Gasteiger partial charge < -0.3 is 19.2 Å². The van der Waals surface area contributed by atoms with Crippen molar-refractivity contribution in [3.05, 3.63) is 94.0 Å². The van der Waals surface area contributed by atoms with Crippen LogP contribution in [0.2, 0.25) is 0 Å². The second kappa shape index (κ2) is 9.74. The molecule has 8 heteroatoms. The number of hydrogen-bond donors (Lipinski definition) is 1. The van der Waals surface area contributed by atoms with Crippen LogP contribution in [-0.4, -0.2) is 22.8 Å². The minimum atomic E-state index is -0.387. The van der Waals surface area contributed by atoms with Gasteiger partial charge in [0, 0.05) is 6.20 Å². The van der Waals surface area contributed by atoms with Gasteiger partial charge in [-0.1, -0.05) is 29.8 Å². The fourth-order valence-electron chi connectivity index (χ4n) is 3.02. The lowest BCUT2D eigenvalue weighted by molar-refractivity contribution is 0.0992. The number of methoxy groups -OCH3 is 1. The molecule has 164 valence electrons. The Morgan fingerprint density at radius 2 is 1.78 bits per heavy atom. The predicted octanol–water partition coefficient (Wildman–Crippen LogP) is 5.44. The lowest BCUT2D eigenvalue weighted by atomic mass is 10.1. The number of rotatable bonds is 8. The molecule has 0 bridgehead atoms. The fraction of sp³-hybridized carbons (Fsp3) is 0.167. The summed E-state index contributed by atoms with van der Waals surface area (Å²) in [6.45, 7) is 2.85. The van der Waals surface area contributed by atoms with E-state index in [1.165, 1.54) is 5.56 Å². The summed E-state index contributed by atoms with van der Waals surface area (Å²) in [4.78, 5) is 12.6. The lowest BCUT2D eigenvalue weighted by Crippen LogP contribution is -2.12. The quantitative estimate of drug-likeness (QED) is 0.352. The minimum Gasteiger partial charge on any atom is -0.497 e. The van der Waals surface area contributed by atoms with Gasteiger partial charge >= 0.3 is 0 Å². The number of nitrogens with one attached hydrogen (secondary N) is 1. The van der Waals surface area contributed by atoms with Gasteiger partial charge in [-0.2, -0.15) is 5.10 Å². The van der Waals surface area contributed by atoms with Crippen LogP contribution in [0.5, 0.6) is 11.5 Å². The van der Waals surface area contributed by atoms with Crippen molar-refractivity contribution >= 4 is 27.7 Å². The number of anilines is 1. The van der Waals surface area contributed by atoms with Crippen molar-refractivity contribution in [2.24, 2.45) is 0 Å². The molecular formula is C24H22BrN3O4. The first-order chi connectivity index (χ1) is 15.5. The number of amides is 1. The van der Waals surface area contributed by atoms with Crippen LogP contribution in [0.1, 0.15) is 27.4 Å². The van der Waals surface area contributed by atoms with Crippen molar-refractivity contribution < 1.29 is 18.7 Å². The zero-order chi connectivity index (χ0) is 22.5. The van der Waals surface area contributed by atoms with Crippen molar-refractivity contribution in [1.82, 2.24) is 9.78 Å². The summed E-state index contributed by atoms with van der Waals surface area (Å²) in [6, 6.07) is 18.8. The highest BCUT2D eigenvalue weighted by Crippen LogP contribution is 2.23. The lowest BCUT2D eigenvalue weighted by Gasteiger charge is -2.05. The molecule has 1 amide bonds. The third-order valence-electron chi connectivity index (χ3n) is 4.74. The summed E-state index contributed by atoms with van der Waals surface area (Å²) < 4.78 is 18.9. The van der Waals surface area contributed by atoms with Gasteiger partial charge in [-0.05, 0) is 64.8 Å². The molecule has 0 aliphatic heterocycles. The highest BCUT2D eigenvalue weighted by atomic mass is 79.9. The molecule has 32 heavy (non-hydrogen) atoms. The number of carbonyl (C=O) groups excluding carboxylic acids is 1. The maximum absolute atomic E-state index is 12.6. The topological polar surface area (TPSA) is 78.5 Å². The zero-order valence-corrected chi connectivity index (χ0v) is 19.3. The third-order valence-corrected chi connectivity index (χ3v) is 5.32. The van der Waals surface area contributed by atoms with E-state index in [9.17, 15) is 4.79 Å². The summed E-state index contributed by atoms with van der Waals surface area (Å²) in [7, 11) is 1.61. The molecule has 7 nitrogen and oxygen atoms in total. The first kappa shape index (κ1) is 21.7. The van der Waals surface area contributed by atoms with Crippen LogP contribution in [0.25, 0.3) is 0 Å². The van der Waals surface area contributed by atoms with Gasteiger partial charge in [-0.3, -0.25) is 9.48 Å². The van der Waals surface area contributed by atoms with Crippen molar-refractivity contribution in [1.29, 1.82) is 0 Å². The predicted molar refractivity (Wildman–Crippen MR) is 124 cm³/mol. The van der Waals surface area contributed by atoms with Crippen molar-refractivity contribution in [3.8, 4) is 11.5 Å². The molecule has 0 saturated heterocycles. The summed E-state index contributed by atoms with van der Waals surface area (Å²) in [6.07, 6.45) is 1.83. The summed E-state index contributed by atoms with van der Waals surface area (Å²) in [5.74, 6) is 2.18. The molecule has 4 aromatic rings. The number of halogens is 1. The van der Waals surface area contributed by atoms with Crippen LogP contribution >= 0.6 is 15.9 Å². The van der Waals surface area contributed by atoms with Crippen LogP contribution < -0.4 is 14.8 Å². The molecule has 0 saturated carbocycles. The maximum atomic E-state index is 12.6. The highest BCUT2D eigenvalue weighted by Gasteiger charge is 2.16. The molecule has 0 fully saturated rings. The van der Waals surface area contributed by atoms with E-state index >= 15 is 0 Å². The molecule has 2 aromatic carbocycles. The van der Waals surface area contributed by atoms with Gasteiger partial charge in [0.05, 0.1) is 18.1 Å². The van der Waals surface area contributed by atoms with E-state index in [0.29, 0.717) is 28.3 Å². The van der Waals surface area contributed by atoms with Crippen molar-refractivity contribution in [2.45, 2.75) is 20.1 Å². The van der Waals surface area contributed by atoms with E-state index in [-0.39, 0.29) is 18.3 Å². The number of furan rings is 1. The standard InChI is InChI=1S/C24H22BrN3O4/c1-16-3-5-17(6-4-16)13-28-14-21(25)23(27-28)26-24(29)22-12-11-20(32-22)15-31-19-9-7-18(30-2)8-10-19/h3-12,14H,13,15H2,1-2H3,(H,26,27,29). The number of hydrogen-bond acceptors (Lipinski definition) is 5. The van der Waals surface area contributed by atoms with Crippen LogP contribution in [0.3, 0.4) is 0 Å². The Labute approximate surface area is 194 Å². The average Bonchev–Trinajstić information content (AvgIpc) is 3.41. The average molecular weight is 496 g/mol. The Balaban J connectivity index is 1.35. The Hall–Kier alpha value is -3.52. The maximum Gasteiger partial charge on any atom is 0.292 e. The largest absolute Gasteiger partial charge is 0.497 e. The molecule has 0 radical (unpaired) electrons. The van der Waals surface area contributed by atoms with Crippen LogP contribution in [0.4, 0.5) is 5.82 Å². The normalized spacial score (nSPS) is 10.7. The molecule has 4 rings (SSSR count). The Bertz CT molecular complexity index is 1200. The van der Waals surface area contributed by atoms with Gasteiger partial charge in [0.1, 0.15) is 23.9 Å². The minimum absolute atomic E-state index is 0.179. The summed E-state index contributed by atoms with van der Waals surface area (Å²) >= 11 is 3.45. The van der Waals surface area contributed by atoms with E-state index in [0.717, 1.165) is 11.3 Å². The molecule has 2 heterocycles. The van der Waals surface area contributed by atoms with Gasteiger partial charge in [0.2, 0.25) is 0 Å². The van der Waals surface area contributed by atoms with Crippen LogP contribution in [0, 0.1) is 6.92 Å². The molecule has 0 aliphatic rings. The van der Waals surface area contributed by atoms with Gasteiger partial charge in [-0.15, -0.1) is 0 Å². The zero-order valence-electron chi connectivity index (χ0n) is 17.7. The number of ether oxygens (including phenoxy) is 2.